The predicted octanol–water partition coefficient (Wildman–Crippen LogP) is 3.66. The minimum absolute atomic E-state index is 0.0251. The number of rotatable bonds is 4. The zero-order chi connectivity index (χ0) is 17.1. The molecule has 0 bridgehead atoms. The molecule has 2 rings (SSSR count). The number of urea groups is 1. The summed E-state index contributed by atoms with van der Waals surface area (Å²) < 4.78 is 0. The third-order valence-corrected chi connectivity index (χ3v) is 6.25. The van der Waals surface area contributed by atoms with E-state index in [0.717, 1.165) is 25.0 Å². The summed E-state index contributed by atoms with van der Waals surface area (Å²) in [7, 11) is 0. The lowest BCUT2D eigenvalue weighted by molar-refractivity contribution is 0.146. The topological polar surface area (TPSA) is 53.2 Å². The van der Waals surface area contributed by atoms with Gasteiger partial charge >= 0.3 is 6.03 Å². The number of nitrogens with one attached hydrogen (secondary N) is 3. The highest BCUT2D eigenvalue weighted by atomic mass is 32.2. The molecule has 2 atom stereocenters. The summed E-state index contributed by atoms with van der Waals surface area (Å²) in [5.74, 6) is 1.13. The van der Waals surface area contributed by atoms with Crippen LogP contribution < -0.4 is 16.0 Å². The molecule has 1 saturated carbocycles. The molecule has 1 aliphatic carbocycles. The first-order valence-electron chi connectivity index (χ1n) is 9.19. The van der Waals surface area contributed by atoms with Crippen molar-refractivity contribution in [1.29, 1.82) is 0 Å². The van der Waals surface area contributed by atoms with E-state index >= 15 is 0 Å². The number of hydrogen-bond donors (Lipinski definition) is 3. The number of carbonyl (C=O) groups is 1. The first-order chi connectivity index (χ1) is 10.7. The van der Waals surface area contributed by atoms with Crippen molar-refractivity contribution in [2.75, 3.05) is 5.75 Å². The van der Waals surface area contributed by atoms with Crippen LogP contribution in [0.2, 0.25) is 0 Å². The Kier molecular flexibility index (Phi) is 6.28. The Bertz CT molecular complexity index is 393. The molecule has 0 spiro atoms. The van der Waals surface area contributed by atoms with Gasteiger partial charge in [-0.1, -0.05) is 19.8 Å². The molecule has 2 amide bonds. The maximum absolute atomic E-state index is 12.5. The molecule has 134 valence electrons. The second-order valence-corrected chi connectivity index (χ2v) is 10.0. The number of hydrogen-bond acceptors (Lipinski definition) is 3. The van der Waals surface area contributed by atoms with Gasteiger partial charge in [0.2, 0.25) is 0 Å². The number of piperidine rings is 1. The molecule has 1 aliphatic heterocycles. The maximum Gasteiger partial charge on any atom is 0.315 e. The molecule has 2 aliphatic rings. The van der Waals surface area contributed by atoms with Gasteiger partial charge in [-0.25, -0.2) is 4.79 Å². The highest BCUT2D eigenvalue weighted by Crippen LogP contribution is 2.30. The highest BCUT2D eigenvalue weighted by molar-refractivity contribution is 7.99. The van der Waals surface area contributed by atoms with E-state index in [2.05, 4.69) is 50.6 Å². The zero-order valence-corrected chi connectivity index (χ0v) is 16.3. The summed E-state index contributed by atoms with van der Waals surface area (Å²) in [6.07, 6.45) is 6.84. The minimum atomic E-state index is 0.0251. The van der Waals surface area contributed by atoms with Gasteiger partial charge in [0.15, 0.2) is 0 Å². The maximum atomic E-state index is 12.5. The van der Waals surface area contributed by atoms with Crippen molar-refractivity contribution in [3.05, 3.63) is 0 Å². The van der Waals surface area contributed by atoms with Crippen molar-refractivity contribution < 1.29 is 4.79 Å². The fourth-order valence-corrected chi connectivity index (χ4v) is 5.69. The summed E-state index contributed by atoms with van der Waals surface area (Å²) in [6, 6.07) is 0.593. The fourth-order valence-electron chi connectivity index (χ4n) is 4.50. The van der Waals surface area contributed by atoms with Crippen LogP contribution >= 0.6 is 11.8 Å². The van der Waals surface area contributed by atoms with Crippen molar-refractivity contribution >= 4 is 17.8 Å². The Balaban J connectivity index is 1.88. The molecule has 0 radical (unpaired) electrons. The lowest BCUT2D eigenvalue weighted by Crippen LogP contribution is -2.63. The largest absolute Gasteiger partial charge is 0.335 e. The summed E-state index contributed by atoms with van der Waals surface area (Å²) >= 11 is 2.00. The molecule has 0 aromatic rings. The van der Waals surface area contributed by atoms with E-state index in [1.54, 1.807) is 0 Å². The number of carbonyl (C=O) groups excluding carboxylic acids is 1. The standard InChI is InChI=1S/C18H35N3OS/c1-6-23-15-10-8-7-9-14(15)20-16(22)19-13-11-17(2,3)21-18(4,5)12-13/h13-15,21H,6-12H2,1-5H3,(H2,19,20,22)/t14-,15+/m0/s1. The van der Waals surface area contributed by atoms with Gasteiger partial charge in [-0.05, 0) is 59.1 Å². The van der Waals surface area contributed by atoms with Gasteiger partial charge in [0, 0.05) is 28.4 Å². The monoisotopic (exact) mass is 341 g/mol. The van der Waals surface area contributed by atoms with E-state index < -0.39 is 0 Å². The lowest BCUT2D eigenvalue weighted by Gasteiger charge is -2.46. The lowest BCUT2D eigenvalue weighted by atomic mass is 9.80. The Morgan fingerprint density at radius 2 is 1.70 bits per heavy atom. The molecule has 2 fully saturated rings. The van der Waals surface area contributed by atoms with Gasteiger partial charge in [0.05, 0.1) is 0 Å². The van der Waals surface area contributed by atoms with Crippen LogP contribution in [-0.4, -0.2) is 40.2 Å². The van der Waals surface area contributed by atoms with Crippen LogP contribution in [0.4, 0.5) is 4.79 Å². The van der Waals surface area contributed by atoms with Crippen LogP contribution in [0.3, 0.4) is 0 Å². The van der Waals surface area contributed by atoms with Crippen molar-refractivity contribution in [2.24, 2.45) is 0 Å². The van der Waals surface area contributed by atoms with E-state index in [-0.39, 0.29) is 23.2 Å². The fraction of sp³-hybridized carbons (Fsp3) is 0.944. The van der Waals surface area contributed by atoms with E-state index in [9.17, 15) is 4.79 Å². The zero-order valence-electron chi connectivity index (χ0n) is 15.5. The Hall–Kier alpha value is -0.420. The highest BCUT2D eigenvalue weighted by Gasteiger charge is 2.38. The van der Waals surface area contributed by atoms with E-state index in [4.69, 9.17) is 0 Å². The molecule has 0 aromatic carbocycles. The van der Waals surface area contributed by atoms with Crippen LogP contribution in [0.5, 0.6) is 0 Å². The van der Waals surface area contributed by atoms with Crippen molar-refractivity contribution in [1.82, 2.24) is 16.0 Å². The molecule has 4 nitrogen and oxygen atoms in total. The van der Waals surface area contributed by atoms with Crippen molar-refractivity contribution in [3.8, 4) is 0 Å². The quantitative estimate of drug-likeness (QED) is 0.731. The molecule has 23 heavy (non-hydrogen) atoms. The van der Waals surface area contributed by atoms with E-state index in [0.29, 0.717) is 11.3 Å². The Morgan fingerprint density at radius 1 is 1.09 bits per heavy atom. The average Bonchev–Trinajstić information content (AvgIpc) is 2.37. The normalized spacial score (nSPS) is 30.7. The molecule has 3 N–H and O–H groups in total. The molecule has 0 aromatic heterocycles. The minimum Gasteiger partial charge on any atom is -0.335 e. The average molecular weight is 342 g/mol. The van der Waals surface area contributed by atoms with Gasteiger partial charge in [-0.3, -0.25) is 0 Å². The second kappa shape index (κ2) is 7.64. The van der Waals surface area contributed by atoms with Gasteiger partial charge in [-0.2, -0.15) is 11.8 Å². The molecule has 0 unspecified atom stereocenters. The molecule has 1 heterocycles. The third-order valence-electron chi connectivity index (χ3n) is 4.93. The summed E-state index contributed by atoms with van der Waals surface area (Å²) in [4.78, 5) is 12.5. The first-order valence-corrected chi connectivity index (χ1v) is 10.2. The molecule has 5 heteroatoms. The van der Waals surface area contributed by atoms with Gasteiger partial charge in [-0.15, -0.1) is 0 Å². The van der Waals surface area contributed by atoms with E-state index in [1.165, 1.54) is 19.3 Å². The van der Waals surface area contributed by atoms with E-state index in [1.807, 2.05) is 11.8 Å². The van der Waals surface area contributed by atoms with Crippen LogP contribution in [0, 0.1) is 0 Å². The predicted molar refractivity (Wildman–Crippen MR) is 100 cm³/mol. The Morgan fingerprint density at radius 3 is 2.30 bits per heavy atom. The molecular weight excluding hydrogens is 306 g/mol. The molecule has 1 saturated heterocycles. The second-order valence-electron chi connectivity index (χ2n) is 8.50. The van der Waals surface area contributed by atoms with Gasteiger partial charge in [0.1, 0.15) is 0 Å². The first kappa shape index (κ1) is 18.9. The Labute approximate surface area is 146 Å². The third kappa shape index (κ3) is 5.86. The van der Waals surface area contributed by atoms with Crippen molar-refractivity contribution in [3.63, 3.8) is 0 Å². The smallest absolute Gasteiger partial charge is 0.315 e. The SMILES string of the molecule is CCS[C@@H]1CCCC[C@@H]1NC(=O)NC1CC(C)(C)NC(C)(C)C1. The van der Waals surface area contributed by atoms with Gasteiger partial charge < -0.3 is 16.0 Å². The van der Waals surface area contributed by atoms with Crippen LogP contribution in [0.25, 0.3) is 0 Å². The van der Waals surface area contributed by atoms with Crippen LogP contribution in [0.1, 0.15) is 73.1 Å². The van der Waals surface area contributed by atoms with Crippen LogP contribution in [0.15, 0.2) is 0 Å². The van der Waals surface area contributed by atoms with Gasteiger partial charge in [0.25, 0.3) is 0 Å². The van der Waals surface area contributed by atoms with Crippen molar-refractivity contribution in [2.45, 2.75) is 102 Å². The summed E-state index contributed by atoms with van der Waals surface area (Å²) in [5.41, 5.74) is 0.121. The summed E-state index contributed by atoms with van der Waals surface area (Å²) in [6.45, 7) is 11.1. The number of thioether (sulfide) groups is 1. The number of amides is 2. The molecular formula is C18H35N3OS. The summed E-state index contributed by atoms with van der Waals surface area (Å²) in [5, 5.41) is 10.8. The van der Waals surface area contributed by atoms with Crippen LogP contribution in [-0.2, 0) is 0 Å².